The molecular weight excluding hydrogens is 304 g/mol. The van der Waals surface area contributed by atoms with Crippen molar-refractivity contribution in [2.24, 2.45) is 5.84 Å². The van der Waals surface area contributed by atoms with E-state index in [-0.39, 0.29) is 5.91 Å². The van der Waals surface area contributed by atoms with Gasteiger partial charge in [0.25, 0.3) is 0 Å². The summed E-state index contributed by atoms with van der Waals surface area (Å²) in [7, 11) is 0. The molecule has 1 spiro atoms. The summed E-state index contributed by atoms with van der Waals surface area (Å²) >= 11 is 0. The van der Waals surface area contributed by atoms with E-state index in [0.717, 1.165) is 4.31 Å². The van der Waals surface area contributed by atoms with Crippen molar-refractivity contribution in [3.63, 3.8) is 0 Å². The number of carbonyl (C=O) groups is 1. The second-order valence-electron chi connectivity index (χ2n) is 11.7. The van der Waals surface area contributed by atoms with E-state index in [4.69, 9.17) is 5.84 Å². The Balaban J connectivity index is 1.31. The summed E-state index contributed by atoms with van der Waals surface area (Å²) < 4.78 is 0.802. The van der Waals surface area contributed by atoms with Crippen molar-refractivity contribution in [3.8, 4) is 0 Å². The molecule has 0 radical (unpaired) electrons. The monoisotopic (exact) mass is 320 g/mol. The van der Waals surface area contributed by atoms with E-state index in [1.54, 1.807) is 5.56 Å². The first-order valence-electron chi connectivity index (χ1n) is 8.32. The van der Waals surface area contributed by atoms with Crippen LogP contribution in [0.5, 0.6) is 0 Å². The molecule has 11 rings (SSSR count). The molecule has 4 unspecified atom stereocenters. The van der Waals surface area contributed by atoms with Gasteiger partial charge in [0.05, 0.1) is 0 Å². The molecule has 10 aliphatic heterocycles. The van der Waals surface area contributed by atoms with Gasteiger partial charge in [0.2, 0.25) is 0 Å². The van der Waals surface area contributed by atoms with Gasteiger partial charge >= 0.3 is 112 Å². The van der Waals surface area contributed by atoms with Crippen LogP contribution in [0.1, 0.15) is 15.9 Å². The van der Waals surface area contributed by atoms with Crippen LogP contribution >= 0.6 is 0 Å². The van der Waals surface area contributed by atoms with Crippen LogP contribution in [0.3, 0.4) is 0 Å². The second-order valence-corrected chi connectivity index (χ2v) is 35.3. The fourth-order valence-corrected chi connectivity index (χ4v) is 92.2. The normalized spacial score (nSPS) is 98.2. The zero-order valence-electron chi connectivity index (χ0n) is 11.3. The number of rotatable bonds is 2. The summed E-state index contributed by atoms with van der Waals surface area (Å²) in [6.07, 6.45) is 0. The van der Waals surface area contributed by atoms with Crippen LogP contribution in [0.2, 0.25) is 43.3 Å². The zero-order valence-corrected chi connectivity index (χ0v) is 12.4. The Bertz CT molecular complexity index is 1190. The Morgan fingerprint density at radius 2 is 1.48 bits per heavy atom. The van der Waals surface area contributed by atoms with Crippen molar-refractivity contribution < 1.29 is 11.3 Å². The number of carbonyl (C=O) groups excluding carboxylic acids is 1. The molecule has 10 saturated heterocycles. The van der Waals surface area contributed by atoms with Crippen molar-refractivity contribution in [3.05, 3.63) is 35.4 Å². The van der Waals surface area contributed by atoms with Gasteiger partial charge in [-0.2, -0.15) is 0 Å². The number of nitrogens with one attached hydrogen (secondary N) is 1. The quantitative estimate of drug-likeness (QED) is 0.381. The molecule has 3 nitrogen and oxygen atoms in total. The van der Waals surface area contributed by atoms with Crippen LogP contribution in [0.4, 0.5) is 0 Å². The third kappa shape index (κ3) is 0.103. The predicted octanol–water partition coefficient (Wildman–Crippen LogP) is 3.09. The van der Waals surface area contributed by atoms with Crippen LogP contribution in [-0.2, 0) is 10.8 Å². The average Bonchev–Trinajstić information content (AvgIpc) is 3.47. The molecule has 1 aromatic rings. The molecule has 4 atom stereocenters. The van der Waals surface area contributed by atoms with Crippen LogP contribution in [0, 0.1) is 0 Å². The topological polar surface area (TPSA) is 55.1 Å². The number of nitrogens with two attached hydrogens (primary N) is 1. The van der Waals surface area contributed by atoms with Gasteiger partial charge in [-0.15, -0.1) is 0 Å². The van der Waals surface area contributed by atoms with E-state index < -0.39 is 6.51 Å². The molecule has 10 heterocycles. The fraction of sp³-hybridized carbons (Fsp3) is 0.588. The SMILES string of the molecule is NNC(=O)c1ccc([C]23[CH]4[CH]5[CH]6[CH]2[Fe]56432789[CH]3[CH]2[CH]7[CH]8[CH]39)cc1. The molecule has 21 heavy (non-hydrogen) atoms. The summed E-state index contributed by atoms with van der Waals surface area (Å²) in [4.78, 5) is 23.8. The standard InChI is InChI=1S/C12H11N2O.C5H5.Fe/c13-14-12(15)11-7-5-10(6-8-11)9-3-1-2-4-9;1-2-4-5-3-1;/h1-8H,13H2,(H,14,15);1-5H;. The maximum absolute atomic E-state index is 11.7. The van der Waals surface area contributed by atoms with Gasteiger partial charge in [-0.1, -0.05) is 0 Å². The summed E-state index contributed by atoms with van der Waals surface area (Å²) in [6.45, 7) is -3.01. The first-order valence-corrected chi connectivity index (χ1v) is 14.6. The number of nitrogen functional groups attached to an aromatic ring is 1. The molecule has 0 aliphatic carbocycles. The maximum atomic E-state index is 11.7. The fourth-order valence-electron chi connectivity index (χ4n) is 17.9. The Morgan fingerprint density at radius 3 is 1.81 bits per heavy atom. The molecule has 1 amide bonds. The number of amides is 1. The predicted molar refractivity (Wildman–Crippen MR) is 73.5 cm³/mol. The van der Waals surface area contributed by atoms with Gasteiger partial charge in [0.15, 0.2) is 0 Å². The Hall–Kier alpha value is -0.831. The number of hydrogen-bond donors (Lipinski definition) is 2. The third-order valence-corrected chi connectivity index (χ3v) is 58.8. The molecule has 0 bridgehead atoms. The minimum absolute atomic E-state index is 0.160. The number of benzene rings is 1. The van der Waals surface area contributed by atoms with E-state index >= 15 is 0 Å². The Morgan fingerprint density at radius 1 is 0.952 bits per heavy atom. The zero-order chi connectivity index (χ0) is 13.3. The molecule has 10 aliphatic rings. The van der Waals surface area contributed by atoms with E-state index in [1.807, 2.05) is 12.1 Å². The summed E-state index contributed by atoms with van der Waals surface area (Å²) in [5.41, 5.74) is 4.65. The van der Waals surface area contributed by atoms with Gasteiger partial charge in [0, 0.05) is 0 Å². The Labute approximate surface area is 111 Å². The van der Waals surface area contributed by atoms with Crippen LogP contribution in [0.15, 0.2) is 24.3 Å². The van der Waals surface area contributed by atoms with Crippen molar-refractivity contribution in [2.75, 3.05) is 0 Å². The molecule has 4 heteroatoms. The third-order valence-electron chi connectivity index (χ3n) is 16.4. The van der Waals surface area contributed by atoms with E-state index in [0.29, 0.717) is 5.56 Å². The number of fused-ring (bicyclic) bond motifs is 10. The van der Waals surface area contributed by atoms with Crippen molar-refractivity contribution in [2.45, 2.75) is 47.7 Å². The molecule has 108 valence electrons. The molecule has 1 aromatic carbocycles. The van der Waals surface area contributed by atoms with Gasteiger partial charge in [-0.25, -0.2) is 0 Å². The van der Waals surface area contributed by atoms with Crippen molar-refractivity contribution in [1.82, 2.24) is 5.43 Å². The summed E-state index contributed by atoms with van der Waals surface area (Å²) in [5.74, 6) is 5.09. The first-order chi connectivity index (χ1) is 9.99. The second kappa shape index (κ2) is 0.761. The summed E-state index contributed by atoms with van der Waals surface area (Å²) in [6, 6.07) is 8.71. The molecule has 0 saturated carbocycles. The molecule has 0 aromatic heterocycles. The van der Waals surface area contributed by atoms with Crippen LogP contribution < -0.4 is 11.3 Å². The molecule has 10 fully saturated rings. The van der Waals surface area contributed by atoms with E-state index in [1.165, 1.54) is 43.3 Å². The average molecular weight is 320 g/mol. The number of hydrazine groups is 1. The van der Waals surface area contributed by atoms with E-state index in [9.17, 15) is 4.79 Å². The summed E-state index contributed by atoms with van der Waals surface area (Å²) in [5, 5.41) is 0. The molecule has 3 N–H and O–H groups in total. The van der Waals surface area contributed by atoms with Crippen molar-refractivity contribution >= 4 is 5.91 Å². The van der Waals surface area contributed by atoms with Gasteiger partial charge in [-0.05, 0) is 0 Å². The van der Waals surface area contributed by atoms with Crippen molar-refractivity contribution in [1.29, 1.82) is 0 Å². The van der Waals surface area contributed by atoms with Crippen LogP contribution in [-0.4, -0.2) is 5.91 Å². The van der Waals surface area contributed by atoms with Gasteiger partial charge in [0.1, 0.15) is 0 Å². The number of hydrogen-bond acceptors (Lipinski definition) is 2. The van der Waals surface area contributed by atoms with Gasteiger partial charge in [-0.3, -0.25) is 0 Å². The van der Waals surface area contributed by atoms with E-state index in [2.05, 4.69) is 17.6 Å². The Kier molecular flexibility index (Phi) is 0.295. The first kappa shape index (κ1) is 8.14. The van der Waals surface area contributed by atoms with Crippen LogP contribution in [0.25, 0.3) is 0 Å². The minimum atomic E-state index is -3.01. The molecular formula is C17H16FeN2O. The van der Waals surface area contributed by atoms with Gasteiger partial charge < -0.3 is 0 Å².